The van der Waals surface area contributed by atoms with Crippen LogP contribution < -0.4 is 5.73 Å². The average Bonchev–Trinajstić information content (AvgIpc) is 2.91. The predicted octanol–water partition coefficient (Wildman–Crippen LogP) is 3.10. The number of likely N-dealkylation sites (tertiary alicyclic amines) is 1. The van der Waals surface area contributed by atoms with E-state index in [1.807, 2.05) is 6.07 Å². The van der Waals surface area contributed by atoms with Gasteiger partial charge in [0.15, 0.2) is 0 Å². The fraction of sp³-hybridized carbons (Fsp3) is 0.357. The van der Waals surface area contributed by atoms with Crippen molar-refractivity contribution in [2.45, 2.75) is 25.4 Å². The largest absolute Gasteiger partial charge is 0.382 e. The van der Waals surface area contributed by atoms with Crippen LogP contribution in [0.3, 0.4) is 0 Å². The molecule has 0 aromatic carbocycles. The van der Waals surface area contributed by atoms with Gasteiger partial charge >= 0.3 is 0 Å². The Hall–Kier alpha value is -1.43. The molecule has 1 fully saturated rings. The van der Waals surface area contributed by atoms with Crippen molar-refractivity contribution in [3.63, 3.8) is 0 Å². The SMILES string of the molecule is Nc1ccc(C2CCCN2Cc2ncc(Cl)cc2Cl)nn1. The maximum atomic E-state index is 6.20. The molecule has 3 heterocycles. The molecule has 1 atom stereocenters. The highest BCUT2D eigenvalue weighted by atomic mass is 35.5. The number of nitrogens with zero attached hydrogens (tertiary/aromatic N) is 4. The highest BCUT2D eigenvalue weighted by molar-refractivity contribution is 6.34. The zero-order valence-corrected chi connectivity index (χ0v) is 12.8. The van der Waals surface area contributed by atoms with Crippen LogP contribution in [-0.4, -0.2) is 26.6 Å². The molecular formula is C14H15Cl2N5. The van der Waals surface area contributed by atoms with Gasteiger partial charge in [0.05, 0.1) is 27.5 Å². The zero-order valence-electron chi connectivity index (χ0n) is 11.3. The molecule has 7 heteroatoms. The van der Waals surface area contributed by atoms with Gasteiger partial charge in [-0.3, -0.25) is 9.88 Å². The third kappa shape index (κ3) is 3.26. The minimum absolute atomic E-state index is 0.228. The van der Waals surface area contributed by atoms with E-state index in [4.69, 9.17) is 28.9 Å². The summed E-state index contributed by atoms with van der Waals surface area (Å²) in [6, 6.07) is 5.67. The van der Waals surface area contributed by atoms with Crippen molar-refractivity contribution in [2.75, 3.05) is 12.3 Å². The van der Waals surface area contributed by atoms with Crippen LogP contribution in [0.4, 0.5) is 5.82 Å². The number of nitrogens with two attached hydrogens (primary N) is 1. The minimum atomic E-state index is 0.228. The number of hydrogen-bond donors (Lipinski definition) is 1. The van der Waals surface area contributed by atoms with Crippen molar-refractivity contribution in [2.24, 2.45) is 0 Å². The summed E-state index contributed by atoms with van der Waals surface area (Å²) in [5.41, 5.74) is 7.36. The summed E-state index contributed by atoms with van der Waals surface area (Å²) in [4.78, 5) is 6.63. The maximum absolute atomic E-state index is 6.20. The minimum Gasteiger partial charge on any atom is -0.382 e. The van der Waals surface area contributed by atoms with Gasteiger partial charge in [0.25, 0.3) is 0 Å². The first-order chi connectivity index (χ1) is 10.1. The summed E-state index contributed by atoms with van der Waals surface area (Å²) < 4.78 is 0. The van der Waals surface area contributed by atoms with E-state index in [9.17, 15) is 0 Å². The van der Waals surface area contributed by atoms with Crippen molar-refractivity contribution >= 4 is 29.0 Å². The first kappa shape index (κ1) is 14.5. The van der Waals surface area contributed by atoms with Gasteiger partial charge in [-0.15, -0.1) is 5.10 Å². The molecule has 3 rings (SSSR count). The molecule has 2 aromatic rings. The Kier molecular flexibility index (Phi) is 4.24. The normalized spacial score (nSPS) is 19.0. The van der Waals surface area contributed by atoms with Gasteiger partial charge in [-0.25, -0.2) is 0 Å². The monoisotopic (exact) mass is 323 g/mol. The van der Waals surface area contributed by atoms with Crippen molar-refractivity contribution in [1.29, 1.82) is 0 Å². The third-order valence-corrected chi connectivity index (χ3v) is 4.18. The highest BCUT2D eigenvalue weighted by Crippen LogP contribution is 2.33. The number of rotatable bonds is 3. The molecule has 1 saturated heterocycles. The molecule has 1 aliphatic heterocycles. The quantitative estimate of drug-likeness (QED) is 0.939. The molecular weight excluding hydrogens is 309 g/mol. The molecule has 1 aliphatic rings. The molecule has 110 valence electrons. The fourth-order valence-corrected chi connectivity index (χ4v) is 3.07. The Morgan fingerprint density at radius 2 is 2.14 bits per heavy atom. The molecule has 0 amide bonds. The topological polar surface area (TPSA) is 67.9 Å². The van der Waals surface area contributed by atoms with Crippen LogP contribution in [0.1, 0.15) is 30.3 Å². The second-order valence-electron chi connectivity index (χ2n) is 5.09. The molecule has 0 aliphatic carbocycles. The van der Waals surface area contributed by atoms with E-state index in [1.165, 1.54) is 0 Å². The molecule has 2 aromatic heterocycles. The lowest BCUT2D eigenvalue weighted by atomic mass is 10.1. The highest BCUT2D eigenvalue weighted by Gasteiger charge is 2.28. The standard InChI is InChI=1S/C14H15Cl2N5/c15-9-6-10(16)12(18-7-9)8-21-5-1-2-13(21)11-3-4-14(17)20-19-11/h3-4,6-7,13H,1-2,5,8H2,(H2,17,20). The van der Waals surface area contributed by atoms with E-state index in [1.54, 1.807) is 18.3 Å². The van der Waals surface area contributed by atoms with Crippen molar-refractivity contribution in [3.05, 3.63) is 45.8 Å². The fourth-order valence-electron chi connectivity index (χ4n) is 2.63. The van der Waals surface area contributed by atoms with Gasteiger partial charge < -0.3 is 5.73 Å². The van der Waals surface area contributed by atoms with Crippen LogP contribution in [0.15, 0.2) is 24.4 Å². The molecule has 0 bridgehead atoms. The summed E-state index contributed by atoms with van der Waals surface area (Å²) in [5.74, 6) is 0.436. The van der Waals surface area contributed by atoms with Crippen LogP contribution in [0, 0.1) is 0 Å². The Morgan fingerprint density at radius 1 is 1.29 bits per heavy atom. The number of hydrogen-bond acceptors (Lipinski definition) is 5. The molecule has 2 N–H and O–H groups in total. The average molecular weight is 324 g/mol. The van der Waals surface area contributed by atoms with Crippen LogP contribution in [0.25, 0.3) is 0 Å². The van der Waals surface area contributed by atoms with E-state index in [-0.39, 0.29) is 6.04 Å². The van der Waals surface area contributed by atoms with Crippen molar-refractivity contribution in [3.8, 4) is 0 Å². The lowest BCUT2D eigenvalue weighted by molar-refractivity contribution is 0.240. The summed E-state index contributed by atoms with van der Waals surface area (Å²) >= 11 is 12.1. The van der Waals surface area contributed by atoms with Crippen molar-refractivity contribution in [1.82, 2.24) is 20.1 Å². The van der Waals surface area contributed by atoms with Gasteiger partial charge in [0, 0.05) is 12.7 Å². The number of aromatic nitrogens is 3. The number of anilines is 1. The van der Waals surface area contributed by atoms with Crippen LogP contribution in [-0.2, 0) is 6.54 Å². The van der Waals surface area contributed by atoms with E-state index < -0.39 is 0 Å². The van der Waals surface area contributed by atoms with E-state index in [0.29, 0.717) is 22.4 Å². The summed E-state index contributed by atoms with van der Waals surface area (Å²) in [7, 11) is 0. The Bertz CT molecular complexity index is 632. The van der Waals surface area contributed by atoms with Gasteiger partial charge in [0.1, 0.15) is 5.82 Å². The summed E-state index contributed by atoms with van der Waals surface area (Å²) in [5, 5.41) is 9.28. The van der Waals surface area contributed by atoms with E-state index in [0.717, 1.165) is 30.8 Å². The molecule has 0 saturated carbocycles. The second-order valence-corrected chi connectivity index (χ2v) is 5.94. The Labute approximate surface area is 133 Å². The first-order valence-corrected chi connectivity index (χ1v) is 7.52. The number of nitrogen functional groups attached to an aromatic ring is 1. The molecule has 5 nitrogen and oxygen atoms in total. The maximum Gasteiger partial charge on any atom is 0.146 e. The smallest absolute Gasteiger partial charge is 0.146 e. The third-order valence-electron chi connectivity index (χ3n) is 3.65. The second kappa shape index (κ2) is 6.13. The van der Waals surface area contributed by atoms with Gasteiger partial charge in [-0.1, -0.05) is 23.2 Å². The predicted molar refractivity (Wildman–Crippen MR) is 83.1 cm³/mol. The van der Waals surface area contributed by atoms with Crippen LogP contribution in [0.2, 0.25) is 10.0 Å². The lowest BCUT2D eigenvalue weighted by Crippen LogP contribution is -2.24. The van der Waals surface area contributed by atoms with Crippen molar-refractivity contribution < 1.29 is 0 Å². The van der Waals surface area contributed by atoms with Gasteiger partial charge in [0.2, 0.25) is 0 Å². The molecule has 0 radical (unpaired) electrons. The van der Waals surface area contributed by atoms with E-state index in [2.05, 4.69) is 20.1 Å². The zero-order chi connectivity index (χ0) is 14.8. The Morgan fingerprint density at radius 3 is 2.86 bits per heavy atom. The number of pyridine rings is 1. The lowest BCUT2D eigenvalue weighted by Gasteiger charge is -2.23. The van der Waals surface area contributed by atoms with Crippen LogP contribution in [0.5, 0.6) is 0 Å². The van der Waals surface area contributed by atoms with E-state index >= 15 is 0 Å². The first-order valence-electron chi connectivity index (χ1n) is 6.76. The number of halogens is 2. The molecule has 0 spiro atoms. The Balaban J connectivity index is 1.79. The van der Waals surface area contributed by atoms with Gasteiger partial charge in [-0.2, -0.15) is 5.10 Å². The molecule has 21 heavy (non-hydrogen) atoms. The molecule has 1 unspecified atom stereocenters. The summed E-state index contributed by atoms with van der Waals surface area (Å²) in [6.07, 6.45) is 3.78. The summed E-state index contributed by atoms with van der Waals surface area (Å²) in [6.45, 7) is 1.66. The van der Waals surface area contributed by atoms with Crippen LogP contribution >= 0.6 is 23.2 Å². The van der Waals surface area contributed by atoms with Gasteiger partial charge in [-0.05, 0) is 37.6 Å².